The zero-order valence-corrected chi connectivity index (χ0v) is 22.8. The van der Waals surface area contributed by atoms with Crippen LogP contribution in [-0.2, 0) is 9.59 Å². The van der Waals surface area contributed by atoms with Crippen LogP contribution in [0.1, 0.15) is 34.7 Å². The molecule has 0 saturated carbocycles. The molecule has 0 aromatic heterocycles. The van der Waals surface area contributed by atoms with Gasteiger partial charge in [-0.25, -0.2) is 0 Å². The standard InChI is InChI=1S/C30H30ClN3O4/c1-6-37-27-15-22(13-23(16-32)30(36)34-26-10-8-19(3)12-21(26)5)14-24(31)29(27)38-17-28(35)33-25-9-7-18(2)11-20(25)4/h7-15H,6,17H2,1-5H3,(H,33,35)(H,34,36)/b23-13+. The van der Waals surface area contributed by atoms with E-state index in [4.69, 9.17) is 21.1 Å². The molecule has 0 radical (unpaired) electrons. The Morgan fingerprint density at radius 1 is 0.921 bits per heavy atom. The molecule has 2 N–H and O–H groups in total. The van der Waals surface area contributed by atoms with Gasteiger partial charge in [-0.2, -0.15) is 5.26 Å². The summed E-state index contributed by atoms with van der Waals surface area (Å²) in [5.41, 5.74) is 5.68. The zero-order valence-electron chi connectivity index (χ0n) is 22.1. The summed E-state index contributed by atoms with van der Waals surface area (Å²) in [5, 5.41) is 15.4. The van der Waals surface area contributed by atoms with E-state index in [9.17, 15) is 14.9 Å². The van der Waals surface area contributed by atoms with Gasteiger partial charge < -0.3 is 20.1 Å². The Morgan fingerprint density at radius 2 is 1.53 bits per heavy atom. The van der Waals surface area contributed by atoms with Crippen molar-refractivity contribution in [3.05, 3.63) is 86.9 Å². The number of hydrogen-bond donors (Lipinski definition) is 2. The van der Waals surface area contributed by atoms with Crippen LogP contribution in [0.15, 0.2) is 54.1 Å². The lowest BCUT2D eigenvalue weighted by molar-refractivity contribution is -0.118. The number of benzene rings is 3. The summed E-state index contributed by atoms with van der Waals surface area (Å²) in [6.07, 6.45) is 1.42. The van der Waals surface area contributed by atoms with Gasteiger partial charge in [0.2, 0.25) is 0 Å². The average Bonchev–Trinajstić information content (AvgIpc) is 2.85. The molecule has 0 fully saturated rings. The number of anilines is 2. The summed E-state index contributed by atoms with van der Waals surface area (Å²) < 4.78 is 11.4. The molecule has 7 nitrogen and oxygen atoms in total. The van der Waals surface area contributed by atoms with Gasteiger partial charge in [0.25, 0.3) is 11.8 Å². The summed E-state index contributed by atoms with van der Waals surface area (Å²) in [7, 11) is 0. The SMILES string of the molecule is CCOc1cc(/C=C(\C#N)C(=O)Nc2ccc(C)cc2C)cc(Cl)c1OCC(=O)Nc1ccc(C)cc1C. The number of carbonyl (C=O) groups excluding carboxylic acids is 2. The van der Waals surface area contributed by atoms with Gasteiger partial charge in [0.1, 0.15) is 11.6 Å². The Bertz CT molecular complexity index is 1440. The second-order valence-electron chi connectivity index (χ2n) is 8.86. The van der Waals surface area contributed by atoms with E-state index in [-0.39, 0.29) is 34.6 Å². The molecule has 0 saturated heterocycles. The molecule has 8 heteroatoms. The first-order valence-electron chi connectivity index (χ1n) is 12.1. The second-order valence-corrected chi connectivity index (χ2v) is 9.27. The molecule has 196 valence electrons. The third kappa shape index (κ3) is 7.37. The first-order chi connectivity index (χ1) is 18.1. The van der Waals surface area contributed by atoms with Crippen LogP contribution < -0.4 is 20.1 Å². The quantitative estimate of drug-likeness (QED) is 0.241. The van der Waals surface area contributed by atoms with E-state index in [0.717, 1.165) is 22.3 Å². The van der Waals surface area contributed by atoms with Crippen LogP contribution in [0.5, 0.6) is 11.5 Å². The van der Waals surface area contributed by atoms with Crippen LogP contribution >= 0.6 is 11.6 Å². The van der Waals surface area contributed by atoms with Crippen molar-refractivity contribution < 1.29 is 19.1 Å². The fourth-order valence-corrected chi connectivity index (χ4v) is 4.08. The van der Waals surface area contributed by atoms with E-state index < -0.39 is 5.91 Å². The van der Waals surface area contributed by atoms with E-state index in [0.29, 0.717) is 23.5 Å². The number of ether oxygens (including phenoxy) is 2. The van der Waals surface area contributed by atoms with Gasteiger partial charge in [-0.1, -0.05) is 47.0 Å². The molecule has 0 atom stereocenters. The third-order valence-electron chi connectivity index (χ3n) is 5.64. The predicted octanol–water partition coefficient (Wildman–Crippen LogP) is 6.54. The molecule has 0 heterocycles. The molecule has 0 unspecified atom stereocenters. The number of nitrogens with one attached hydrogen (secondary N) is 2. The molecular formula is C30H30ClN3O4. The molecule has 0 spiro atoms. The molecule has 3 rings (SSSR count). The zero-order chi connectivity index (χ0) is 27.8. The summed E-state index contributed by atoms with van der Waals surface area (Å²) >= 11 is 6.48. The summed E-state index contributed by atoms with van der Waals surface area (Å²) in [5.74, 6) is -0.413. The predicted molar refractivity (Wildman–Crippen MR) is 151 cm³/mol. The van der Waals surface area contributed by atoms with Gasteiger partial charge in [-0.3, -0.25) is 9.59 Å². The van der Waals surface area contributed by atoms with Crippen molar-refractivity contribution >= 4 is 40.9 Å². The molecule has 38 heavy (non-hydrogen) atoms. The van der Waals surface area contributed by atoms with E-state index in [1.54, 1.807) is 25.1 Å². The van der Waals surface area contributed by atoms with Crippen molar-refractivity contribution in [1.29, 1.82) is 5.26 Å². The third-order valence-corrected chi connectivity index (χ3v) is 5.92. The highest BCUT2D eigenvalue weighted by Gasteiger charge is 2.17. The highest BCUT2D eigenvalue weighted by molar-refractivity contribution is 6.32. The van der Waals surface area contributed by atoms with Gasteiger partial charge >= 0.3 is 0 Å². The molecule has 0 aliphatic carbocycles. The van der Waals surface area contributed by atoms with Crippen LogP contribution in [0.4, 0.5) is 11.4 Å². The molecule has 0 aliphatic heterocycles. The van der Waals surface area contributed by atoms with Crippen molar-refractivity contribution in [3.63, 3.8) is 0 Å². The normalized spacial score (nSPS) is 10.9. The first kappa shape index (κ1) is 28.3. The maximum atomic E-state index is 12.8. The lowest BCUT2D eigenvalue weighted by atomic mass is 10.1. The van der Waals surface area contributed by atoms with Crippen molar-refractivity contribution in [2.75, 3.05) is 23.8 Å². The maximum Gasteiger partial charge on any atom is 0.266 e. The van der Waals surface area contributed by atoms with Crippen molar-refractivity contribution in [2.45, 2.75) is 34.6 Å². The molecule has 3 aromatic rings. The molecule has 2 amide bonds. The van der Waals surface area contributed by atoms with Gasteiger partial charge in [-0.05, 0) is 81.7 Å². The number of halogens is 1. The van der Waals surface area contributed by atoms with E-state index >= 15 is 0 Å². The van der Waals surface area contributed by atoms with Gasteiger partial charge in [0, 0.05) is 11.4 Å². The summed E-state index contributed by atoms with van der Waals surface area (Å²) in [6.45, 7) is 9.56. The molecule has 0 bridgehead atoms. The highest BCUT2D eigenvalue weighted by Crippen LogP contribution is 2.37. The number of rotatable bonds is 9. The number of nitriles is 1. The first-order valence-corrected chi connectivity index (χ1v) is 12.5. The van der Waals surface area contributed by atoms with Crippen molar-refractivity contribution in [1.82, 2.24) is 0 Å². The van der Waals surface area contributed by atoms with E-state index in [2.05, 4.69) is 10.6 Å². The lowest BCUT2D eigenvalue weighted by Crippen LogP contribution is -2.21. The monoisotopic (exact) mass is 531 g/mol. The highest BCUT2D eigenvalue weighted by atomic mass is 35.5. The number of amides is 2. The van der Waals surface area contributed by atoms with Crippen molar-refractivity contribution in [2.24, 2.45) is 0 Å². The van der Waals surface area contributed by atoms with Crippen molar-refractivity contribution in [3.8, 4) is 17.6 Å². The van der Waals surface area contributed by atoms with Crippen LogP contribution in [0.3, 0.4) is 0 Å². The van der Waals surface area contributed by atoms with Crippen LogP contribution in [0, 0.1) is 39.0 Å². The number of hydrogen-bond acceptors (Lipinski definition) is 5. The summed E-state index contributed by atoms with van der Waals surface area (Å²) in [6, 6.07) is 16.4. The largest absolute Gasteiger partial charge is 0.490 e. The number of aryl methyl sites for hydroxylation is 4. The van der Waals surface area contributed by atoms with Crippen LogP contribution in [-0.4, -0.2) is 25.0 Å². The fraction of sp³-hybridized carbons (Fsp3) is 0.233. The number of nitrogens with zero attached hydrogens (tertiary/aromatic N) is 1. The number of carbonyl (C=O) groups is 2. The molecule has 0 aliphatic rings. The van der Waals surface area contributed by atoms with Gasteiger partial charge in [-0.15, -0.1) is 0 Å². The minimum atomic E-state index is -0.545. The van der Waals surface area contributed by atoms with Crippen LogP contribution in [0.25, 0.3) is 6.08 Å². The topological polar surface area (TPSA) is 100 Å². The fourth-order valence-electron chi connectivity index (χ4n) is 3.81. The van der Waals surface area contributed by atoms with E-state index in [1.165, 1.54) is 6.08 Å². The Hall–Kier alpha value is -4.28. The second kappa shape index (κ2) is 12.8. The maximum absolute atomic E-state index is 12.8. The Kier molecular flexibility index (Phi) is 9.53. The Morgan fingerprint density at radius 3 is 2.08 bits per heavy atom. The van der Waals surface area contributed by atoms with E-state index in [1.807, 2.05) is 64.1 Å². The lowest BCUT2D eigenvalue weighted by Gasteiger charge is -2.15. The van der Waals surface area contributed by atoms with Gasteiger partial charge in [0.15, 0.2) is 18.1 Å². The van der Waals surface area contributed by atoms with Gasteiger partial charge in [0.05, 0.1) is 11.6 Å². The minimum absolute atomic E-state index is 0.106. The Balaban J connectivity index is 1.78. The van der Waals surface area contributed by atoms with Crippen LogP contribution in [0.2, 0.25) is 5.02 Å². The summed E-state index contributed by atoms with van der Waals surface area (Å²) in [4.78, 5) is 25.3. The average molecular weight is 532 g/mol. The smallest absolute Gasteiger partial charge is 0.266 e. The molecule has 3 aromatic carbocycles. The molecular weight excluding hydrogens is 502 g/mol. The minimum Gasteiger partial charge on any atom is -0.490 e. The Labute approximate surface area is 228 Å².